The van der Waals surface area contributed by atoms with E-state index in [0.717, 1.165) is 54.7 Å². The number of fused-ring (bicyclic) bond motifs is 7. The molecule has 0 atom stereocenters. The van der Waals surface area contributed by atoms with Gasteiger partial charge in [0.05, 0.1) is 22.1 Å². The van der Waals surface area contributed by atoms with Crippen LogP contribution in [0.5, 0.6) is 0 Å². The average Bonchev–Trinajstić information content (AvgIpc) is 3.68. The van der Waals surface area contributed by atoms with Crippen LogP contribution in [0.3, 0.4) is 0 Å². The molecule has 224 valence electrons. The van der Waals surface area contributed by atoms with Gasteiger partial charge >= 0.3 is 0 Å². The highest BCUT2D eigenvalue weighted by Crippen LogP contribution is 2.35. The third-order valence-electron chi connectivity index (χ3n) is 9.39. The Bertz CT molecular complexity index is 2620. The Balaban J connectivity index is 1.28. The Labute approximate surface area is 276 Å². The first kappa shape index (κ1) is 26.6. The highest BCUT2D eigenvalue weighted by molar-refractivity contribution is 6.10. The van der Waals surface area contributed by atoms with Gasteiger partial charge in [0, 0.05) is 27.1 Å². The maximum atomic E-state index is 5.27. The van der Waals surface area contributed by atoms with E-state index >= 15 is 0 Å². The fourth-order valence-corrected chi connectivity index (χ4v) is 7.26. The molecule has 0 saturated heterocycles. The van der Waals surface area contributed by atoms with E-state index in [1.807, 2.05) is 0 Å². The zero-order chi connectivity index (χ0) is 31.6. The number of nitrogens with zero attached hydrogens (tertiary/aromatic N) is 5. The van der Waals surface area contributed by atoms with Crippen LogP contribution in [0.15, 0.2) is 164 Å². The first-order valence-electron chi connectivity index (χ1n) is 16.1. The first-order chi connectivity index (χ1) is 23.8. The molecule has 0 spiro atoms. The molecule has 7 aromatic carbocycles. The molecule has 0 bridgehead atoms. The van der Waals surface area contributed by atoms with Gasteiger partial charge in [0.25, 0.3) is 0 Å². The average molecular weight is 614 g/mol. The molecular formula is C43H27N5. The van der Waals surface area contributed by atoms with Gasteiger partial charge in [-0.25, -0.2) is 0 Å². The first-order valence-corrected chi connectivity index (χ1v) is 16.1. The van der Waals surface area contributed by atoms with Gasteiger partial charge in [0.15, 0.2) is 5.82 Å². The van der Waals surface area contributed by atoms with E-state index in [0.29, 0.717) is 17.7 Å². The lowest BCUT2D eigenvalue weighted by Gasteiger charge is -2.13. The van der Waals surface area contributed by atoms with Gasteiger partial charge in [-0.2, -0.15) is 15.0 Å². The normalized spacial score (nSPS) is 11.8. The molecule has 0 aliphatic heterocycles. The van der Waals surface area contributed by atoms with Gasteiger partial charge in [-0.1, -0.05) is 133 Å². The van der Waals surface area contributed by atoms with Crippen LogP contribution in [0.2, 0.25) is 0 Å². The quantitative estimate of drug-likeness (QED) is 0.198. The van der Waals surface area contributed by atoms with Crippen molar-refractivity contribution >= 4 is 54.4 Å². The van der Waals surface area contributed by atoms with Crippen LogP contribution < -0.4 is 0 Å². The lowest BCUT2D eigenvalue weighted by Crippen LogP contribution is -2.10. The fraction of sp³-hybridized carbons (Fsp3) is 0. The summed E-state index contributed by atoms with van der Waals surface area (Å²) in [6, 6.07) is 57.4. The highest BCUT2D eigenvalue weighted by Gasteiger charge is 2.20. The topological polar surface area (TPSA) is 48.5 Å². The molecular weight excluding hydrogens is 587 g/mol. The van der Waals surface area contributed by atoms with E-state index in [2.05, 4.69) is 173 Å². The molecule has 0 aliphatic rings. The van der Waals surface area contributed by atoms with Crippen LogP contribution in [0.1, 0.15) is 0 Å². The van der Waals surface area contributed by atoms with Crippen molar-refractivity contribution in [1.29, 1.82) is 0 Å². The molecule has 5 heteroatoms. The van der Waals surface area contributed by atoms with Gasteiger partial charge in [-0.05, 0) is 52.2 Å². The largest absolute Gasteiger partial charge is 0.278 e. The number of hydrogen-bond donors (Lipinski definition) is 0. The summed E-state index contributed by atoms with van der Waals surface area (Å²) in [6.07, 6.45) is 0. The predicted molar refractivity (Wildman–Crippen MR) is 197 cm³/mol. The van der Waals surface area contributed by atoms with E-state index in [9.17, 15) is 0 Å². The second kappa shape index (κ2) is 10.5. The minimum absolute atomic E-state index is 0.574. The fourth-order valence-electron chi connectivity index (χ4n) is 7.26. The van der Waals surface area contributed by atoms with Crippen molar-refractivity contribution in [2.24, 2.45) is 0 Å². The number of aromatic nitrogens is 5. The maximum Gasteiger partial charge on any atom is 0.240 e. The molecule has 0 aliphatic carbocycles. The summed E-state index contributed by atoms with van der Waals surface area (Å²) in [7, 11) is 0. The van der Waals surface area contributed by atoms with Crippen molar-refractivity contribution in [2.45, 2.75) is 0 Å². The van der Waals surface area contributed by atoms with Gasteiger partial charge in [-0.3, -0.25) is 9.13 Å². The summed E-state index contributed by atoms with van der Waals surface area (Å²) in [4.78, 5) is 15.8. The van der Waals surface area contributed by atoms with E-state index in [4.69, 9.17) is 15.0 Å². The van der Waals surface area contributed by atoms with Crippen molar-refractivity contribution < 1.29 is 0 Å². The molecule has 0 radical (unpaired) electrons. The van der Waals surface area contributed by atoms with Crippen molar-refractivity contribution in [2.75, 3.05) is 0 Å². The Hall–Kier alpha value is -6.59. The van der Waals surface area contributed by atoms with Crippen molar-refractivity contribution in [3.8, 4) is 34.4 Å². The Morgan fingerprint density at radius 2 is 0.750 bits per heavy atom. The molecule has 3 heterocycles. The molecule has 5 nitrogen and oxygen atoms in total. The molecule has 0 fully saturated rings. The maximum absolute atomic E-state index is 5.27. The molecule has 0 N–H and O–H groups in total. The number of benzene rings is 7. The van der Waals surface area contributed by atoms with Gasteiger partial charge in [0.1, 0.15) is 0 Å². The SMILES string of the molecule is c1cc(-c2nc(-n3c4ccccc4c4ccccc43)nc(-n3c4ccccc4c4ccccc43)n2)cc(-c2cccc3ccccc23)c1. The van der Waals surface area contributed by atoms with Gasteiger partial charge in [-0.15, -0.1) is 0 Å². The van der Waals surface area contributed by atoms with Gasteiger partial charge < -0.3 is 0 Å². The monoisotopic (exact) mass is 613 g/mol. The van der Waals surface area contributed by atoms with Crippen LogP contribution >= 0.6 is 0 Å². The molecule has 48 heavy (non-hydrogen) atoms. The molecule has 10 rings (SSSR count). The zero-order valence-corrected chi connectivity index (χ0v) is 25.8. The van der Waals surface area contributed by atoms with E-state index in [1.165, 1.54) is 16.3 Å². The standard InChI is InChI=1S/C43H27N5/c1-2-17-31-28(13-1)14-12-22-32(31)29-15-11-16-30(27-29)41-44-42(47-37-23-7-3-18-33(37)34-19-4-8-24-38(34)47)46-43(45-41)48-39-25-9-5-20-35(39)36-21-6-10-26-40(36)48/h1-27H. The van der Waals surface area contributed by atoms with Gasteiger partial charge in [0.2, 0.25) is 11.9 Å². The zero-order valence-electron chi connectivity index (χ0n) is 25.8. The summed E-state index contributed by atoms with van der Waals surface area (Å²) in [6.45, 7) is 0. The highest BCUT2D eigenvalue weighted by atomic mass is 15.3. The van der Waals surface area contributed by atoms with Crippen LogP contribution in [0.25, 0.3) is 88.8 Å². The number of para-hydroxylation sites is 4. The summed E-state index contributed by atoms with van der Waals surface area (Å²) >= 11 is 0. The van der Waals surface area contributed by atoms with Crippen molar-refractivity contribution in [1.82, 2.24) is 24.1 Å². The predicted octanol–water partition coefficient (Wildman–Crippen LogP) is 10.6. The minimum atomic E-state index is 0.574. The second-order valence-electron chi connectivity index (χ2n) is 12.1. The summed E-state index contributed by atoms with van der Waals surface area (Å²) in [5.41, 5.74) is 7.41. The second-order valence-corrected chi connectivity index (χ2v) is 12.1. The number of hydrogen-bond acceptors (Lipinski definition) is 3. The van der Waals surface area contributed by atoms with E-state index < -0.39 is 0 Å². The van der Waals surface area contributed by atoms with Crippen molar-refractivity contribution in [3.63, 3.8) is 0 Å². The van der Waals surface area contributed by atoms with Crippen LogP contribution in [-0.4, -0.2) is 24.1 Å². The Morgan fingerprint density at radius 3 is 1.29 bits per heavy atom. The molecule has 0 saturated carbocycles. The third kappa shape index (κ3) is 4.01. The van der Waals surface area contributed by atoms with Crippen LogP contribution in [0, 0.1) is 0 Å². The third-order valence-corrected chi connectivity index (χ3v) is 9.39. The van der Waals surface area contributed by atoms with Crippen molar-refractivity contribution in [3.05, 3.63) is 164 Å². The summed E-state index contributed by atoms with van der Waals surface area (Å²) in [5, 5.41) is 7.06. The molecule has 10 aromatic rings. The summed E-state index contributed by atoms with van der Waals surface area (Å²) < 4.78 is 4.34. The lowest BCUT2D eigenvalue weighted by molar-refractivity contribution is 0.893. The molecule has 3 aromatic heterocycles. The smallest absolute Gasteiger partial charge is 0.240 e. The van der Waals surface area contributed by atoms with E-state index in [1.54, 1.807) is 0 Å². The number of rotatable bonds is 4. The molecule has 0 unspecified atom stereocenters. The lowest BCUT2D eigenvalue weighted by atomic mass is 9.97. The Morgan fingerprint density at radius 1 is 0.333 bits per heavy atom. The minimum Gasteiger partial charge on any atom is -0.278 e. The van der Waals surface area contributed by atoms with Crippen LogP contribution in [0.4, 0.5) is 0 Å². The summed E-state index contributed by atoms with van der Waals surface area (Å²) in [5.74, 6) is 1.76. The Kier molecular flexibility index (Phi) is 5.81. The molecule has 0 amide bonds. The van der Waals surface area contributed by atoms with E-state index in [-0.39, 0.29) is 0 Å². The van der Waals surface area contributed by atoms with Crippen LogP contribution in [-0.2, 0) is 0 Å².